The maximum Gasteiger partial charge on any atom is 0.303 e. The highest BCUT2D eigenvalue weighted by molar-refractivity contribution is 5.67. The summed E-state index contributed by atoms with van der Waals surface area (Å²) >= 11 is 0. The molecule has 0 unspecified atom stereocenters. The Hall–Kier alpha value is -1.32. The molecule has 1 aliphatic carbocycles. The van der Waals surface area contributed by atoms with Crippen molar-refractivity contribution >= 4 is 5.97 Å². The number of carboxylic acids is 1. The normalized spacial score (nSPS) is 16.6. The van der Waals surface area contributed by atoms with Crippen molar-refractivity contribution in [1.29, 1.82) is 0 Å². The first-order valence-corrected chi connectivity index (χ1v) is 6.33. The van der Waals surface area contributed by atoms with E-state index in [0.717, 1.165) is 17.2 Å². The maximum absolute atomic E-state index is 10.6. The van der Waals surface area contributed by atoms with Crippen LogP contribution in [0.25, 0.3) is 0 Å². The Bertz CT molecular complexity index is 417. The molecule has 2 rings (SSSR count). The Morgan fingerprint density at radius 2 is 2.12 bits per heavy atom. The molecule has 4 nitrogen and oxygen atoms in total. The molecule has 17 heavy (non-hydrogen) atoms. The van der Waals surface area contributed by atoms with E-state index in [2.05, 4.69) is 9.55 Å². The first kappa shape index (κ1) is 12.1. The standard InChI is InChI=1S/C13H20N2O2/c1-9-11(7-8-12(16)17)15(2)13(14-9)10-5-3-4-6-10/h10H,3-8H2,1-2H3,(H,16,17). The number of nitrogens with zero attached hydrogens (tertiary/aromatic N) is 2. The van der Waals surface area contributed by atoms with E-state index in [0.29, 0.717) is 12.3 Å². The molecular weight excluding hydrogens is 216 g/mol. The zero-order valence-corrected chi connectivity index (χ0v) is 10.6. The van der Waals surface area contributed by atoms with E-state index in [1.165, 1.54) is 25.7 Å². The van der Waals surface area contributed by atoms with Crippen LogP contribution in [0.2, 0.25) is 0 Å². The molecule has 0 spiro atoms. The zero-order valence-electron chi connectivity index (χ0n) is 10.6. The van der Waals surface area contributed by atoms with Crippen LogP contribution in [-0.2, 0) is 18.3 Å². The topological polar surface area (TPSA) is 55.1 Å². The fourth-order valence-corrected chi connectivity index (χ4v) is 2.82. The molecule has 1 N–H and O–H groups in total. The van der Waals surface area contributed by atoms with Gasteiger partial charge in [0, 0.05) is 18.7 Å². The lowest BCUT2D eigenvalue weighted by molar-refractivity contribution is -0.136. The van der Waals surface area contributed by atoms with Gasteiger partial charge in [0.25, 0.3) is 0 Å². The van der Waals surface area contributed by atoms with Crippen molar-refractivity contribution in [3.8, 4) is 0 Å². The molecule has 1 heterocycles. The molecule has 0 bridgehead atoms. The van der Waals surface area contributed by atoms with Crippen LogP contribution in [0, 0.1) is 6.92 Å². The van der Waals surface area contributed by atoms with Gasteiger partial charge >= 0.3 is 5.97 Å². The van der Waals surface area contributed by atoms with Gasteiger partial charge < -0.3 is 9.67 Å². The highest BCUT2D eigenvalue weighted by atomic mass is 16.4. The average molecular weight is 236 g/mol. The van der Waals surface area contributed by atoms with E-state index in [9.17, 15) is 4.79 Å². The summed E-state index contributed by atoms with van der Waals surface area (Å²) in [5, 5.41) is 8.75. The second kappa shape index (κ2) is 4.90. The van der Waals surface area contributed by atoms with Gasteiger partial charge in [0.05, 0.1) is 12.1 Å². The Labute approximate surface area is 102 Å². The van der Waals surface area contributed by atoms with Crippen LogP contribution in [0.15, 0.2) is 0 Å². The molecule has 0 aromatic carbocycles. The third kappa shape index (κ3) is 2.51. The second-order valence-corrected chi connectivity index (χ2v) is 4.94. The minimum Gasteiger partial charge on any atom is -0.481 e. The van der Waals surface area contributed by atoms with Crippen molar-refractivity contribution in [2.24, 2.45) is 7.05 Å². The highest BCUT2D eigenvalue weighted by Gasteiger charge is 2.23. The minimum absolute atomic E-state index is 0.185. The smallest absolute Gasteiger partial charge is 0.303 e. The maximum atomic E-state index is 10.6. The largest absolute Gasteiger partial charge is 0.481 e. The molecular formula is C13H20N2O2. The summed E-state index contributed by atoms with van der Waals surface area (Å²) in [6, 6.07) is 0. The lowest BCUT2D eigenvalue weighted by Gasteiger charge is -2.10. The van der Waals surface area contributed by atoms with Crippen LogP contribution in [-0.4, -0.2) is 20.6 Å². The van der Waals surface area contributed by atoms with Gasteiger partial charge in [-0.3, -0.25) is 4.79 Å². The number of carboxylic acid groups (broad SMARTS) is 1. The minimum atomic E-state index is -0.743. The molecule has 0 amide bonds. The molecule has 0 saturated heterocycles. The van der Waals surface area contributed by atoms with Gasteiger partial charge in [-0.05, 0) is 26.2 Å². The number of aliphatic carboxylic acids is 1. The van der Waals surface area contributed by atoms with E-state index < -0.39 is 5.97 Å². The van der Waals surface area contributed by atoms with E-state index >= 15 is 0 Å². The second-order valence-electron chi connectivity index (χ2n) is 4.94. The Morgan fingerprint density at radius 1 is 1.47 bits per heavy atom. The summed E-state index contributed by atoms with van der Waals surface area (Å²) in [6.45, 7) is 1.98. The van der Waals surface area contributed by atoms with Crippen molar-refractivity contribution in [2.75, 3.05) is 0 Å². The molecule has 1 saturated carbocycles. The van der Waals surface area contributed by atoms with Crippen LogP contribution in [0.4, 0.5) is 0 Å². The van der Waals surface area contributed by atoms with Gasteiger partial charge in [-0.15, -0.1) is 0 Å². The van der Waals surface area contributed by atoms with Gasteiger partial charge in [-0.25, -0.2) is 4.98 Å². The number of imidazole rings is 1. The summed E-state index contributed by atoms with van der Waals surface area (Å²) in [6.07, 6.45) is 5.80. The number of hydrogen-bond donors (Lipinski definition) is 1. The van der Waals surface area contributed by atoms with E-state index in [-0.39, 0.29) is 6.42 Å². The van der Waals surface area contributed by atoms with Gasteiger partial charge in [-0.2, -0.15) is 0 Å². The van der Waals surface area contributed by atoms with Crippen LogP contribution >= 0.6 is 0 Å². The summed E-state index contributed by atoms with van der Waals surface area (Å²) < 4.78 is 2.12. The highest BCUT2D eigenvalue weighted by Crippen LogP contribution is 2.34. The SMILES string of the molecule is Cc1nc(C2CCCC2)n(C)c1CCC(=O)O. The number of rotatable bonds is 4. The summed E-state index contributed by atoms with van der Waals surface area (Å²) in [5.41, 5.74) is 2.07. The van der Waals surface area contributed by atoms with Crippen molar-refractivity contribution in [3.05, 3.63) is 17.2 Å². The van der Waals surface area contributed by atoms with E-state index in [1.54, 1.807) is 0 Å². The lowest BCUT2D eigenvalue weighted by atomic mass is 10.1. The quantitative estimate of drug-likeness (QED) is 0.873. The zero-order chi connectivity index (χ0) is 12.4. The first-order chi connectivity index (χ1) is 8.09. The molecule has 4 heteroatoms. The Kier molecular flexibility index (Phi) is 3.50. The predicted octanol–water partition coefficient (Wildman–Crippen LogP) is 2.40. The van der Waals surface area contributed by atoms with Gasteiger partial charge in [0.1, 0.15) is 5.82 Å². The molecule has 0 radical (unpaired) electrons. The van der Waals surface area contributed by atoms with E-state index in [1.807, 2.05) is 14.0 Å². The average Bonchev–Trinajstić information content (AvgIpc) is 2.85. The molecule has 1 aliphatic rings. The fraction of sp³-hybridized carbons (Fsp3) is 0.692. The lowest BCUT2D eigenvalue weighted by Crippen LogP contribution is -2.07. The molecule has 0 atom stereocenters. The van der Waals surface area contributed by atoms with Crippen molar-refractivity contribution < 1.29 is 9.90 Å². The van der Waals surface area contributed by atoms with Crippen LogP contribution < -0.4 is 0 Å². The number of aromatic nitrogens is 2. The van der Waals surface area contributed by atoms with Crippen molar-refractivity contribution in [1.82, 2.24) is 9.55 Å². The number of hydrogen-bond acceptors (Lipinski definition) is 2. The third-order valence-corrected chi connectivity index (χ3v) is 3.74. The van der Waals surface area contributed by atoms with Crippen LogP contribution in [0.5, 0.6) is 0 Å². The number of carbonyl (C=O) groups is 1. The predicted molar refractivity (Wildman–Crippen MR) is 65.1 cm³/mol. The van der Waals surface area contributed by atoms with E-state index in [4.69, 9.17) is 5.11 Å². The molecule has 1 fully saturated rings. The monoisotopic (exact) mass is 236 g/mol. The molecule has 1 aromatic heterocycles. The fourth-order valence-electron chi connectivity index (χ4n) is 2.82. The Balaban J connectivity index is 2.18. The van der Waals surface area contributed by atoms with Gasteiger partial charge in [0.15, 0.2) is 0 Å². The summed E-state index contributed by atoms with van der Waals surface area (Å²) in [5.74, 6) is 0.991. The third-order valence-electron chi connectivity index (χ3n) is 3.74. The van der Waals surface area contributed by atoms with Gasteiger partial charge in [-0.1, -0.05) is 12.8 Å². The molecule has 94 valence electrons. The van der Waals surface area contributed by atoms with Gasteiger partial charge in [0.2, 0.25) is 0 Å². The molecule has 1 aromatic rings. The van der Waals surface area contributed by atoms with Crippen LogP contribution in [0.3, 0.4) is 0 Å². The summed E-state index contributed by atoms with van der Waals surface area (Å²) in [7, 11) is 2.02. The van der Waals surface area contributed by atoms with Crippen LogP contribution in [0.1, 0.15) is 55.2 Å². The Morgan fingerprint density at radius 3 is 2.71 bits per heavy atom. The number of aryl methyl sites for hydroxylation is 1. The first-order valence-electron chi connectivity index (χ1n) is 6.33. The van der Waals surface area contributed by atoms with Crippen molar-refractivity contribution in [2.45, 2.75) is 51.4 Å². The summed E-state index contributed by atoms with van der Waals surface area (Å²) in [4.78, 5) is 15.3. The van der Waals surface area contributed by atoms with Crippen molar-refractivity contribution in [3.63, 3.8) is 0 Å². The molecule has 0 aliphatic heterocycles.